The van der Waals surface area contributed by atoms with Gasteiger partial charge in [0.25, 0.3) is 0 Å². The first-order valence-corrected chi connectivity index (χ1v) is 7.79. The third-order valence-electron chi connectivity index (χ3n) is 4.44. The highest BCUT2D eigenvalue weighted by Gasteiger charge is 2.36. The van der Waals surface area contributed by atoms with E-state index in [9.17, 15) is 4.79 Å². The second-order valence-corrected chi connectivity index (χ2v) is 5.87. The molecule has 0 bridgehead atoms. The summed E-state index contributed by atoms with van der Waals surface area (Å²) in [7, 11) is 1.83. The average molecular weight is 285 g/mol. The van der Waals surface area contributed by atoms with Crippen LogP contribution in [0, 0.1) is 0 Å². The summed E-state index contributed by atoms with van der Waals surface area (Å²) in [5.74, 6) is -0.160. The highest BCUT2D eigenvalue weighted by molar-refractivity contribution is 5.80. The van der Waals surface area contributed by atoms with Gasteiger partial charge < -0.3 is 10.1 Å². The molecule has 1 rings (SSSR count). The number of likely N-dealkylation sites (N-methyl/N-ethyl adjacent to an activating group) is 1. The molecule has 1 saturated heterocycles. The third kappa shape index (κ3) is 4.43. The van der Waals surface area contributed by atoms with Crippen molar-refractivity contribution < 1.29 is 9.53 Å². The number of carbonyl (C=O) groups excluding carboxylic acids is 1. The molecule has 0 saturated carbocycles. The van der Waals surface area contributed by atoms with Crippen molar-refractivity contribution in [2.45, 2.75) is 45.7 Å². The maximum Gasteiger partial charge on any atom is 0.327 e. The van der Waals surface area contributed by atoms with Gasteiger partial charge in [-0.3, -0.25) is 14.6 Å². The summed E-state index contributed by atoms with van der Waals surface area (Å²) in [4.78, 5) is 16.9. The van der Waals surface area contributed by atoms with Crippen LogP contribution in [0.4, 0.5) is 0 Å². The minimum Gasteiger partial charge on any atom is -0.465 e. The molecule has 0 aliphatic carbocycles. The van der Waals surface area contributed by atoms with E-state index in [2.05, 4.69) is 29.0 Å². The van der Waals surface area contributed by atoms with Gasteiger partial charge in [0.2, 0.25) is 0 Å². The predicted octanol–water partition coefficient (Wildman–Crippen LogP) is 0.944. The van der Waals surface area contributed by atoms with Crippen LogP contribution in [0.25, 0.3) is 0 Å². The fourth-order valence-electron chi connectivity index (χ4n) is 2.60. The maximum atomic E-state index is 12.1. The monoisotopic (exact) mass is 285 g/mol. The second kappa shape index (κ2) is 7.96. The summed E-state index contributed by atoms with van der Waals surface area (Å²) in [6, 6.07) is 0.651. The lowest BCUT2D eigenvalue weighted by molar-refractivity contribution is -0.151. The van der Waals surface area contributed by atoms with E-state index in [1.165, 1.54) is 6.42 Å². The Balaban J connectivity index is 2.50. The van der Waals surface area contributed by atoms with E-state index in [1.54, 1.807) is 0 Å². The lowest BCUT2D eigenvalue weighted by Gasteiger charge is -2.41. The number of carbonyl (C=O) groups is 1. The Bertz CT molecular complexity index is 303. The minimum absolute atomic E-state index is 0.160. The van der Waals surface area contributed by atoms with Crippen LogP contribution in [-0.4, -0.2) is 73.7 Å². The van der Waals surface area contributed by atoms with Gasteiger partial charge in [-0.2, -0.15) is 0 Å². The van der Waals surface area contributed by atoms with Gasteiger partial charge in [-0.15, -0.1) is 0 Å². The molecule has 2 atom stereocenters. The molecule has 5 nitrogen and oxygen atoms in total. The summed E-state index contributed by atoms with van der Waals surface area (Å²) >= 11 is 0. The van der Waals surface area contributed by atoms with Crippen molar-refractivity contribution in [1.29, 1.82) is 0 Å². The minimum atomic E-state index is -0.617. The summed E-state index contributed by atoms with van der Waals surface area (Å²) in [6.45, 7) is 13.6. The van der Waals surface area contributed by atoms with Crippen LogP contribution in [0.1, 0.15) is 34.1 Å². The number of esters is 1. The standard InChI is InChI=1S/C15H31N3O2/c1-6-13(3)18-10-8-17(9-11-18)12-15(4,16-5)14(19)20-7-2/h13,16H,6-12H2,1-5H3. The smallest absolute Gasteiger partial charge is 0.327 e. The lowest BCUT2D eigenvalue weighted by atomic mass is 10.0. The third-order valence-corrected chi connectivity index (χ3v) is 4.44. The van der Waals surface area contributed by atoms with Crippen LogP contribution in [0.15, 0.2) is 0 Å². The van der Waals surface area contributed by atoms with Crippen molar-refractivity contribution in [3.05, 3.63) is 0 Å². The van der Waals surface area contributed by atoms with Crippen molar-refractivity contribution >= 4 is 5.97 Å². The molecular formula is C15H31N3O2. The summed E-state index contributed by atoms with van der Waals surface area (Å²) in [5, 5.41) is 3.13. The highest BCUT2D eigenvalue weighted by atomic mass is 16.5. The first kappa shape index (κ1) is 17.4. The molecule has 0 aromatic rings. The maximum absolute atomic E-state index is 12.1. The van der Waals surface area contributed by atoms with Crippen molar-refractivity contribution in [2.75, 3.05) is 46.4 Å². The van der Waals surface area contributed by atoms with Gasteiger partial charge in [-0.05, 0) is 34.2 Å². The Morgan fingerprint density at radius 3 is 2.35 bits per heavy atom. The van der Waals surface area contributed by atoms with Crippen molar-refractivity contribution in [3.63, 3.8) is 0 Å². The zero-order chi connectivity index (χ0) is 15.2. The quantitative estimate of drug-likeness (QED) is 0.706. The van der Waals surface area contributed by atoms with E-state index < -0.39 is 5.54 Å². The SMILES string of the molecule is CCOC(=O)C(C)(CN1CCN(C(C)CC)CC1)NC. The summed E-state index contributed by atoms with van der Waals surface area (Å²) in [6.07, 6.45) is 1.19. The predicted molar refractivity (Wildman–Crippen MR) is 81.9 cm³/mol. The van der Waals surface area contributed by atoms with E-state index in [-0.39, 0.29) is 5.97 Å². The molecular weight excluding hydrogens is 254 g/mol. The van der Waals surface area contributed by atoms with Crippen molar-refractivity contribution in [1.82, 2.24) is 15.1 Å². The average Bonchev–Trinajstić information content (AvgIpc) is 2.47. The molecule has 20 heavy (non-hydrogen) atoms. The number of hydrogen-bond acceptors (Lipinski definition) is 5. The van der Waals surface area contributed by atoms with Crippen LogP contribution in [0.3, 0.4) is 0 Å². The van der Waals surface area contributed by atoms with Gasteiger partial charge >= 0.3 is 5.97 Å². The molecule has 1 aliphatic rings. The first-order chi connectivity index (χ1) is 9.46. The zero-order valence-corrected chi connectivity index (χ0v) is 13.7. The molecule has 1 N–H and O–H groups in total. The van der Waals surface area contributed by atoms with Gasteiger partial charge in [0.15, 0.2) is 0 Å². The van der Waals surface area contributed by atoms with Crippen LogP contribution < -0.4 is 5.32 Å². The highest BCUT2D eigenvalue weighted by Crippen LogP contribution is 2.13. The molecule has 0 spiro atoms. The van der Waals surface area contributed by atoms with Crippen LogP contribution in [0.2, 0.25) is 0 Å². The molecule has 0 radical (unpaired) electrons. The van der Waals surface area contributed by atoms with Gasteiger partial charge in [0.05, 0.1) is 6.61 Å². The van der Waals surface area contributed by atoms with E-state index in [4.69, 9.17) is 4.74 Å². The van der Waals surface area contributed by atoms with Gasteiger partial charge in [0, 0.05) is 38.8 Å². The molecule has 5 heteroatoms. The number of rotatable bonds is 7. The Morgan fingerprint density at radius 2 is 1.90 bits per heavy atom. The number of nitrogens with zero attached hydrogens (tertiary/aromatic N) is 2. The Morgan fingerprint density at radius 1 is 1.30 bits per heavy atom. The molecule has 1 aliphatic heterocycles. The number of nitrogens with one attached hydrogen (secondary N) is 1. The van der Waals surface area contributed by atoms with E-state index >= 15 is 0 Å². The summed E-state index contributed by atoms with van der Waals surface area (Å²) < 4.78 is 5.18. The van der Waals surface area contributed by atoms with E-state index in [0.717, 1.165) is 26.2 Å². The van der Waals surface area contributed by atoms with Gasteiger partial charge in [0.1, 0.15) is 5.54 Å². The first-order valence-electron chi connectivity index (χ1n) is 7.79. The van der Waals surface area contributed by atoms with Crippen LogP contribution in [-0.2, 0) is 9.53 Å². The van der Waals surface area contributed by atoms with E-state index in [1.807, 2.05) is 20.9 Å². The van der Waals surface area contributed by atoms with Gasteiger partial charge in [-0.1, -0.05) is 6.92 Å². The van der Waals surface area contributed by atoms with Crippen LogP contribution in [0.5, 0.6) is 0 Å². The largest absolute Gasteiger partial charge is 0.465 e. The molecule has 1 heterocycles. The normalized spacial score (nSPS) is 22.2. The topological polar surface area (TPSA) is 44.8 Å². The molecule has 0 amide bonds. The Labute approximate surface area is 123 Å². The van der Waals surface area contributed by atoms with Crippen molar-refractivity contribution in [2.24, 2.45) is 0 Å². The van der Waals surface area contributed by atoms with Crippen molar-refractivity contribution in [3.8, 4) is 0 Å². The number of piperazine rings is 1. The second-order valence-electron chi connectivity index (χ2n) is 5.87. The van der Waals surface area contributed by atoms with E-state index in [0.29, 0.717) is 19.2 Å². The molecule has 0 aromatic heterocycles. The molecule has 118 valence electrons. The Hall–Kier alpha value is -0.650. The zero-order valence-electron chi connectivity index (χ0n) is 13.7. The van der Waals surface area contributed by atoms with Gasteiger partial charge in [-0.25, -0.2) is 0 Å². The fourth-order valence-corrected chi connectivity index (χ4v) is 2.60. The number of ether oxygens (including phenoxy) is 1. The molecule has 0 aromatic carbocycles. The Kier molecular flexibility index (Phi) is 6.92. The number of hydrogen-bond donors (Lipinski definition) is 1. The molecule has 2 unspecified atom stereocenters. The lowest BCUT2D eigenvalue weighted by Crippen LogP contribution is -2.59. The summed E-state index contributed by atoms with van der Waals surface area (Å²) in [5.41, 5.74) is -0.617. The fraction of sp³-hybridized carbons (Fsp3) is 0.933. The molecule has 1 fully saturated rings. The van der Waals surface area contributed by atoms with Crippen LogP contribution >= 0.6 is 0 Å².